The van der Waals surface area contributed by atoms with Crippen LogP contribution in [0.5, 0.6) is 0 Å². The average Bonchev–Trinajstić information content (AvgIpc) is 2.38. The fraction of sp³-hybridized carbons (Fsp3) is 0.0769. The van der Waals surface area contributed by atoms with Gasteiger partial charge < -0.3 is 5.32 Å². The number of anilines is 1. The van der Waals surface area contributed by atoms with Gasteiger partial charge in [0.05, 0.1) is 21.3 Å². The van der Waals surface area contributed by atoms with Gasteiger partial charge in [0.15, 0.2) is 5.82 Å². The zero-order valence-electron chi connectivity index (χ0n) is 10.2. The number of rotatable bonds is 2. The van der Waals surface area contributed by atoms with Crippen molar-refractivity contribution in [1.29, 1.82) is 0 Å². The first-order chi connectivity index (χ1) is 9.38. The molecule has 104 valence electrons. The maximum absolute atomic E-state index is 13.6. The summed E-state index contributed by atoms with van der Waals surface area (Å²) in [6, 6.07) is 5.55. The topological polar surface area (TPSA) is 42.0 Å². The summed E-state index contributed by atoms with van der Waals surface area (Å²) >= 11 is 15.0. The van der Waals surface area contributed by atoms with Crippen LogP contribution in [0.3, 0.4) is 0 Å². The number of hydrogen-bond donors (Lipinski definition) is 1. The monoisotopic (exact) mass is 376 g/mol. The maximum Gasteiger partial charge on any atom is 0.259 e. The Bertz CT molecular complexity index is 694. The first-order valence-corrected chi connectivity index (χ1v) is 7.02. The van der Waals surface area contributed by atoms with Crippen molar-refractivity contribution in [2.24, 2.45) is 0 Å². The number of aromatic nitrogens is 1. The minimum atomic E-state index is -0.639. The molecule has 1 heterocycles. The number of aryl methyl sites for hydroxylation is 1. The number of carbonyl (C=O) groups is 1. The van der Waals surface area contributed by atoms with Gasteiger partial charge in [-0.05, 0) is 31.2 Å². The van der Waals surface area contributed by atoms with E-state index < -0.39 is 11.7 Å². The van der Waals surface area contributed by atoms with Gasteiger partial charge in [-0.1, -0.05) is 39.1 Å². The van der Waals surface area contributed by atoms with E-state index >= 15 is 0 Å². The molecule has 0 aliphatic heterocycles. The number of benzene rings is 1. The molecule has 0 spiro atoms. The van der Waals surface area contributed by atoms with Crippen molar-refractivity contribution < 1.29 is 9.18 Å². The molecule has 0 fully saturated rings. The fourth-order valence-corrected chi connectivity index (χ4v) is 2.26. The average molecular weight is 378 g/mol. The lowest BCUT2D eigenvalue weighted by Gasteiger charge is -2.09. The highest BCUT2D eigenvalue weighted by atomic mass is 79.9. The predicted molar refractivity (Wildman–Crippen MR) is 81.0 cm³/mol. The van der Waals surface area contributed by atoms with Gasteiger partial charge in [-0.2, -0.15) is 0 Å². The van der Waals surface area contributed by atoms with Crippen LogP contribution in [-0.2, 0) is 0 Å². The van der Waals surface area contributed by atoms with Crippen molar-refractivity contribution in [3.8, 4) is 0 Å². The first kappa shape index (κ1) is 15.2. The molecule has 0 atom stereocenters. The van der Waals surface area contributed by atoms with Crippen molar-refractivity contribution in [2.45, 2.75) is 6.92 Å². The molecule has 1 amide bonds. The van der Waals surface area contributed by atoms with E-state index in [0.717, 1.165) is 0 Å². The van der Waals surface area contributed by atoms with Gasteiger partial charge in [-0.15, -0.1) is 0 Å². The van der Waals surface area contributed by atoms with Crippen LogP contribution in [0.4, 0.5) is 10.2 Å². The van der Waals surface area contributed by atoms with Crippen LogP contribution in [0.15, 0.2) is 28.7 Å². The molecule has 0 radical (unpaired) electrons. The largest absolute Gasteiger partial charge is 0.305 e. The van der Waals surface area contributed by atoms with Gasteiger partial charge >= 0.3 is 0 Å². The second kappa shape index (κ2) is 6.08. The highest BCUT2D eigenvalue weighted by molar-refractivity contribution is 9.10. The Kier molecular flexibility index (Phi) is 4.62. The number of amides is 1. The van der Waals surface area contributed by atoms with Crippen molar-refractivity contribution in [3.63, 3.8) is 0 Å². The minimum absolute atomic E-state index is 0.107. The van der Waals surface area contributed by atoms with Crippen LogP contribution in [0.25, 0.3) is 0 Å². The van der Waals surface area contributed by atoms with Crippen LogP contribution in [0.2, 0.25) is 10.0 Å². The zero-order valence-corrected chi connectivity index (χ0v) is 13.3. The highest BCUT2D eigenvalue weighted by Crippen LogP contribution is 2.26. The van der Waals surface area contributed by atoms with Crippen molar-refractivity contribution >= 4 is 50.9 Å². The molecular weight excluding hydrogens is 370 g/mol. The summed E-state index contributed by atoms with van der Waals surface area (Å²) in [4.78, 5) is 16.1. The van der Waals surface area contributed by atoms with Gasteiger partial charge in [0.2, 0.25) is 0 Å². The second-order valence-corrected chi connectivity index (χ2v) is 5.69. The Morgan fingerprint density at radius 1 is 1.30 bits per heavy atom. The lowest BCUT2D eigenvalue weighted by molar-refractivity contribution is 0.102. The normalized spacial score (nSPS) is 10.4. The van der Waals surface area contributed by atoms with E-state index in [9.17, 15) is 9.18 Å². The molecule has 20 heavy (non-hydrogen) atoms. The smallest absolute Gasteiger partial charge is 0.259 e. The Hall–Kier alpha value is -1.17. The molecule has 1 N–H and O–H groups in total. The van der Waals surface area contributed by atoms with Crippen LogP contribution < -0.4 is 5.32 Å². The van der Waals surface area contributed by atoms with E-state index in [1.54, 1.807) is 6.92 Å². The third kappa shape index (κ3) is 3.29. The van der Waals surface area contributed by atoms with Gasteiger partial charge in [-0.25, -0.2) is 9.37 Å². The molecule has 7 heteroatoms. The van der Waals surface area contributed by atoms with Crippen LogP contribution in [0.1, 0.15) is 16.1 Å². The highest BCUT2D eigenvalue weighted by Gasteiger charge is 2.15. The van der Waals surface area contributed by atoms with E-state index in [1.165, 1.54) is 24.3 Å². The van der Waals surface area contributed by atoms with E-state index in [2.05, 4.69) is 26.2 Å². The quantitative estimate of drug-likeness (QED) is 0.812. The maximum atomic E-state index is 13.6. The summed E-state index contributed by atoms with van der Waals surface area (Å²) in [5.74, 6) is -1.13. The SMILES string of the molecule is Cc1nc(NC(=O)c2cc(Br)ccc2F)c(Cl)cc1Cl. The van der Waals surface area contributed by atoms with E-state index in [-0.39, 0.29) is 16.4 Å². The first-order valence-electron chi connectivity index (χ1n) is 5.47. The third-order valence-corrected chi connectivity index (χ3v) is 3.67. The lowest BCUT2D eigenvalue weighted by atomic mass is 10.2. The molecular formula is C13H8BrCl2FN2O. The molecule has 0 saturated carbocycles. The number of hydrogen-bond acceptors (Lipinski definition) is 2. The Morgan fingerprint density at radius 3 is 2.70 bits per heavy atom. The molecule has 0 unspecified atom stereocenters. The summed E-state index contributed by atoms with van der Waals surface area (Å²) in [5, 5.41) is 3.04. The number of nitrogens with zero attached hydrogens (tertiary/aromatic N) is 1. The molecule has 0 aliphatic rings. The summed E-state index contributed by atoms with van der Waals surface area (Å²) in [6.07, 6.45) is 0. The van der Waals surface area contributed by atoms with Crippen molar-refractivity contribution in [2.75, 3.05) is 5.32 Å². The minimum Gasteiger partial charge on any atom is -0.305 e. The fourth-order valence-electron chi connectivity index (χ4n) is 1.49. The van der Waals surface area contributed by atoms with E-state index in [4.69, 9.17) is 23.2 Å². The summed E-state index contributed by atoms with van der Waals surface area (Å²) < 4.78 is 14.2. The van der Waals surface area contributed by atoms with Gasteiger partial charge in [0.25, 0.3) is 5.91 Å². The predicted octanol–water partition coefficient (Wildman–Crippen LogP) is 4.85. The standard InChI is InChI=1S/C13H8BrCl2FN2O/c1-6-9(15)5-10(16)12(18-6)19-13(20)8-4-7(14)2-3-11(8)17/h2-5H,1H3,(H,18,19,20). The molecule has 2 aromatic rings. The number of pyridine rings is 1. The lowest BCUT2D eigenvalue weighted by Crippen LogP contribution is -2.15. The molecule has 3 nitrogen and oxygen atoms in total. The molecule has 1 aromatic carbocycles. The van der Waals surface area contributed by atoms with Crippen molar-refractivity contribution in [3.05, 3.63) is 55.9 Å². The zero-order chi connectivity index (χ0) is 14.9. The number of nitrogens with one attached hydrogen (secondary N) is 1. The summed E-state index contributed by atoms with van der Waals surface area (Å²) in [6.45, 7) is 1.67. The van der Waals surface area contributed by atoms with Crippen LogP contribution >= 0.6 is 39.1 Å². The van der Waals surface area contributed by atoms with Gasteiger partial charge in [0, 0.05) is 4.47 Å². The van der Waals surface area contributed by atoms with E-state index in [1.807, 2.05) is 0 Å². The summed E-state index contributed by atoms with van der Waals surface area (Å²) in [7, 11) is 0. The van der Waals surface area contributed by atoms with Crippen LogP contribution in [-0.4, -0.2) is 10.9 Å². The summed E-state index contributed by atoms with van der Waals surface area (Å²) in [5.41, 5.74) is 0.408. The van der Waals surface area contributed by atoms with Crippen LogP contribution in [0, 0.1) is 12.7 Å². The Morgan fingerprint density at radius 2 is 2.00 bits per heavy atom. The van der Waals surface area contributed by atoms with E-state index in [0.29, 0.717) is 15.2 Å². The van der Waals surface area contributed by atoms with Crippen molar-refractivity contribution in [1.82, 2.24) is 4.98 Å². The second-order valence-electron chi connectivity index (χ2n) is 3.96. The molecule has 2 rings (SSSR count). The van der Waals surface area contributed by atoms with Gasteiger partial charge in [-0.3, -0.25) is 4.79 Å². The third-order valence-electron chi connectivity index (χ3n) is 2.51. The Labute approximate surface area is 133 Å². The Balaban J connectivity index is 2.32. The number of halogens is 4. The number of carbonyl (C=O) groups excluding carboxylic acids is 1. The molecule has 1 aromatic heterocycles. The van der Waals surface area contributed by atoms with Gasteiger partial charge in [0.1, 0.15) is 5.82 Å². The molecule has 0 aliphatic carbocycles. The molecule has 0 saturated heterocycles. The molecule has 0 bridgehead atoms.